The van der Waals surface area contributed by atoms with E-state index in [0.717, 1.165) is 31.0 Å². The Morgan fingerprint density at radius 3 is 2.65 bits per heavy atom. The second kappa shape index (κ2) is 7.13. The maximum absolute atomic E-state index is 6.38. The zero-order chi connectivity index (χ0) is 14.7. The first-order valence-corrected chi connectivity index (χ1v) is 8.26. The van der Waals surface area contributed by atoms with Gasteiger partial charge in [0.1, 0.15) is 0 Å². The van der Waals surface area contributed by atoms with Gasteiger partial charge in [0.15, 0.2) is 0 Å². The Morgan fingerprint density at radius 2 is 2.05 bits per heavy atom. The van der Waals surface area contributed by atoms with Crippen molar-refractivity contribution in [1.29, 1.82) is 0 Å². The van der Waals surface area contributed by atoms with Crippen molar-refractivity contribution in [3.05, 3.63) is 33.8 Å². The quantitative estimate of drug-likeness (QED) is 0.879. The van der Waals surface area contributed by atoms with Crippen molar-refractivity contribution in [3.63, 3.8) is 0 Å². The van der Waals surface area contributed by atoms with Gasteiger partial charge >= 0.3 is 0 Å². The summed E-state index contributed by atoms with van der Waals surface area (Å²) in [4.78, 5) is 2.58. The topological polar surface area (TPSA) is 15.3 Å². The molecule has 20 heavy (non-hydrogen) atoms. The molecule has 0 spiro atoms. The average molecular weight is 315 g/mol. The Morgan fingerprint density at radius 1 is 1.30 bits per heavy atom. The van der Waals surface area contributed by atoms with E-state index < -0.39 is 0 Å². The molecular formula is C16H24Cl2N2. The molecule has 0 amide bonds. The van der Waals surface area contributed by atoms with E-state index in [-0.39, 0.29) is 0 Å². The molecule has 0 saturated carbocycles. The molecule has 1 aliphatic heterocycles. The Kier molecular flexibility index (Phi) is 5.74. The summed E-state index contributed by atoms with van der Waals surface area (Å²) in [6, 6.07) is 7.30. The van der Waals surface area contributed by atoms with Gasteiger partial charge in [0, 0.05) is 41.3 Å². The van der Waals surface area contributed by atoms with Crippen molar-refractivity contribution in [1.82, 2.24) is 10.2 Å². The van der Waals surface area contributed by atoms with Gasteiger partial charge in [-0.2, -0.15) is 0 Å². The molecule has 1 fully saturated rings. The molecule has 4 heteroatoms. The van der Waals surface area contributed by atoms with Crippen LogP contribution in [-0.2, 0) is 0 Å². The van der Waals surface area contributed by atoms with Crippen LogP contribution in [0.3, 0.4) is 0 Å². The van der Waals surface area contributed by atoms with Crippen molar-refractivity contribution in [2.45, 2.75) is 51.7 Å². The molecule has 1 heterocycles. The molecule has 1 aromatic rings. The largest absolute Gasteiger partial charge is 0.311 e. The number of rotatable bonds is 4. The van der Waals surface area contributed by atoms with Crippen LogP contribution in [-0.4, -0.2) is 30.1 Å². The lowest BCUT2D eigenvalue weighted by atomic mass is 9.99. The number of piperazine rings is 1. The first kappa shape index (κ1) is 16.1. The van der Waals surface area contributed by atoms with E-state index in [1.165, 1.54) is 5.56 Å². The standard InChI is InChI=1S/C16H24Cl2N2/c1-4-13-10-20(14(5-2)9-19-13)11(3)15-7-6-12(17)8-16(15)18/h6-8,11,13-14,19H,4-5,9-10H2,1-3H3. The fourth-order valence-electron chi connectivity index (χ4n) is 3.03. The molecule has 1 aliphatic rings. The fraction of sp³-hybridized carbons (Fsp3) is 0.625. The zero-order valence-corrected chi connectivity index (χ0v) is 14.0. The molecule has 0 radical (unpaired) electrons. The lowest BCUT2D eigenvalue weighted by Gasteiger charge is -2.43. The molecule has 112 valence electrons. The van der Waals surface area contributed by atoms with Crippen molar-refractivity contribution < 1.29 is 0 Å². The minimum absolute atomic E-state index is 0.320. The van der Waals surface area contributed by atoms with Gasteiger partial charge in [-0.15, -0.1) is 0 Å². The summed E-state index contributed by atoms with van der Waals surface area (Å²) < 4.78 is 0. The molecule has 0 aromatic heterocycles. The summed E-state index contributed by atoms with van der Waals surface area (Å²) in [6.07, 6.45) is 2.31. The second-order valence-corrected chi connectivity index (χ2v) is 6.46. The van der Waals surface area contributed by atoms with Crippen molar-refractivity contribution in [2.24, 2.45) is 0 Å². The van der Waals surface area contributed by atoms with E-state index in [0.29, 0.717) is 23.1 Å². The van der Waals surface area contributed by atoms with Crippen LogP contribution in [0.5, 0.6) is 0 Å². The molecular weight excluding hydrogens is 291 g/mol. The predicted molar refractivity (Wildman–Crippen MR) is 87.7 cm³/mol. The van der Waals surface area contributed by atoms with Crippen LogP contribution in [0.25, 0.3) is 0 Å². The van der Waals surface area contributed by atoms with Crippen molar-refractivity contribution in [2.75, 3.05) is 13.1 Å². The van der Waals surface area contributed by atoms with E-state index in [4.69, 9.17) is 23.2 Å². The highest BCUT2D eigenvalue weighted by Gasteiger charge is 2.30. The molecule has 3 atom stereocenters. The van der Waals surface area contributed by atoms with E-state index >= 15 is 0 Å². The third kappa shape index (κ3) is 3.48. The van der Waals surface area contributed by atoms with Gasteiger partial charge < -0.3 is 5.32 Å². The van der Waals surface area contributed by atoms with E-state index in [9.17, 15) is 0 Å². The highest BCUT2D eigenvalue weighted by Crippen LogP contribution is 2.32. The monoisotopic (exact) mass is 314 g/mol. The Bertz CT molecular complexity index is 450. The number of benzene rings is 1. The minimum atomic E-state index is 0.320. The van der Waals surface area contributed by atoms with Crippen LogP contribution in [0.15, 0.2) is 18.2 Å². The number of nitrogens with zero attached hydrogens (tertiary/aromatic N) is 1. The summed E-state index contributed by atoms with van der Waals surface area (Å²) in [6.45, 7) is 8.87. The number of hydrogen-bond acceptors (Lipinski definition) is 2. The number of hydrogen-bond donors (Lipinski definition) is 1. The van der Waals surface area contributed by atoms with Gasteiger partial charge in [-0.05, 0) is 37.5 Å². The molecule has 1 aromatic carbocycles. The summed E-state index contributed by atoms with van der Waals surface area (Å²) in [5.41, 5.74) is 1.17. The smallest absolute Gasteiger partial charge is 0.0468 e. The van der Waals surface area contributed by atoms with Gasteiger partial charge in [-0.3, -0.25) is 4.90 Å². The normalized spacial score (nSPS) is 25.6. The van der Waals surface area contributed by atoms with E-state index in [2.05, 4.69) is 37.1 Å². The van der Waals surface area contributed by atoms with Crippen LogP contribution in [0.2, 0.25) is 10.0 Å². The molecule has 1 N–H and O–H groups in total. The Hall–Kier alpha value is -0.280. The molecule has 0 bridgehead atoms. The molecule has 0 aliphatic carbocycles. The lowest BCUT2D eigenvalue weighted by molar-refractivity contribution is 0.0851. The van der Waals surface area contributed by atoms with Gasteiger partial charge in [0.05, 0.1) is 0 Å². The van der Waals surface area contributed by atoms with Gasteiger partial charge in [0.25, 0.3) is 0 Å². The summed E-state index contributed by atoms with van der Waals surface area (Å²) in [7, 11) is 0. The first-order valence-electron chi connectivity index (χ1n) is 7.50. The fourth-order valence-corrected chi connectivity index (χ4v) is 3.60. The van der Waals surface area contributed by atoms with Crippen LogP contribution in [0.1, 0.15) is 45.2 Å². The third-order valence-corrected chi connectivity index (χ3v) is 4.98. The lowest BCUT2D eigenvalue weighted by Crippen LogP contribution is -2.56. The summed E-state index contributed by atoms with van der Waals surface area (Å²) in [5.74, 6) is 0. The van der Waals surface area contributed by atoms with Gasteiger partial charge in [-0.25, -0.2) is 0 Å². The number of halogens is 2. The third-order valence-electron chi connectivity index (χ3n) is 4.42. The number of nitrogens with one attached hydrogen (secondary N) is 1. The highest BCUT2D eigenvalue weighted by molar-refractivity contribution is 6.35. The molecule has 1 saturated heterocycles. The highest BCUT2D eigenvalue weighted by atomic mass is 35.5. The van der Waals surface area contributed by atoms with Crippen molar-refractivity contribution in [3.8, 4) is 0 Å². The van der Waals surface area contributed by atoms with E-state index in [1.54, 1.807) is 0 Å². The van der Waals surface area contributed by atoms with Crippen LogP contribution >= 0.6 is 23.2 Å². The van der Waals surface area contributed by atoms with Crippen LogP contribution < -0.4 is 5.32 Å². The molecule has 2 rings (SSSR count). The van der Waals surface area contributed by atoms with Crippen LogP contribution in [0.4, 0.5) is 0 Å². The second-order valence-electron chi connectivity index (χ2n) is 5.61. The summed E-state index contributed by atoms with van der Waals surface area (Å²) in [5, 5.41) is 5.10. The Balaban J connectivity index is 2.21. The van der Waals surface area contributed by atoms with Crippen molar-refractivity contribution >= 4 is 23.2 Å². The Labute approximate surface area is 132 Å². The zero-order valence-electron chi connectivity index (χ0n) is 12.5. The molecule has 2 nitrogen and oxygen atoms in total. The predicted octanol–water partition coefficient (Wildman–Crippen LogP) is 4.52. The summed E-state index contributed by atoms with van der Waals surface area (Å²) >= 11 is 12.4. The van der Waals surface area contributed by atoms with Gasteiger partial charge in [0.2, 0.25) is 0 Å². The SMILES string of the molecule is CCC1CN(C(C)c2ccc(Cl)cc2Cl)C(CC)CN1. The maximum Gasteiger partial charge on any atom is 0.0468 e. The van der Waals surface area contributed by atoms with E-state index in [1.807, 2.05) is 12.1 Å². The maximum atomic E-state index is 6.38. The van der Waals surface area contributed by atoms with Crippen LogP contribution in [0, 0.1) is 0 Å². The minimum Gasteiger partial charge on any atom is -0.311 e. The molecule has 3 unspecified atom stereocenters. The first-order chi connectivity index (χ1) is 9.56. The average Bonchev–Trinajstić information content (AvgIpc) is 2.46. The van der Waals surface area contributed by atoms with Gasteiger partial charge in [-0.1, -0.05) is 43.1 Å².